The molecule has 30 heavy (non-hydrogen) atoms. The Morgan fingerprint density at radius 2 is 1.70 bits per heavy atom. The summed E-state index contributed by atoms with van der Waals surface area (Å²) in [4.78, 5) is 41.7. The van der Waals surface area contributed by atoms with Crippen LogP contribution in [-0.2, 0) is 20.9 Å². The van der Waals surface area contributed by atoms with Crippen LogP contribution in [0.4, 0.5) is 4.79 Å². The van der Waals surface area contributed by atoms with Crippen LogP contribution < -0.4 is 5.32 Å². The summed E-state index contributed by atoms with van der Waals surface area (Å²) in [5, 5.41) is 3.49. The van der Waals surface area contributed by atoms with Gasteiger partial charge in [-0.2, -0.15) is 0 Å². The molecule has 0 unspecified atom stereocenters. The number of nitrogens with one attached hydrogen (secondary N) is 1. The Labute approximate surface area is 182 Å². The standard InChI is InChI=1S/C22H30ClN3O4/c1-22(2,3)30-21(29)26-13-7-11-18(26)20(28)25-12-6-10-17(25)19(27)24-14-15-8-4-5-9-16(15)23/h4-5,8-9,17-18H,6-7,10-14H2,1-3H3,(H,24,27)/t17-,18-/m1/s1. The number of halogens is 1. The fraction of sp³-hybridized carbons (Fsp3) is 0.591. The molecule has 1 aromatic rings. The molecule has 0 aliphatic carbocycles. The molecule has 2 atom stereocenters. The number of amides is 3. The molecule has 2 saturated heterocycles. The second kappa shape index (κ2) is 9.25. The highest BCUT2D eigenvalue weighted by Gasteiger charge is 2.43. The van der Waals surface area contributed by atoms with Crippen LogP contribution in [-0.4, -0.2) is 58.5 Å². The fourth-order valence-corrected chi connectivity index (χ4v) is 4.20. The zero-order valence-corrected chi connectivity index (χ0v) is 18.6. The number of rotatable bonds is 4. The van der Waals surface area contributed by atoms with Crippen LogP contribution in [0.3, 0.4) is 0 Å². The lowest BCUT2D eigenvalue weighted by Crippen LogP contribution is -2.53. The maximum Gasteiger partial charge on any atom is 0.410 e. The first-order chi connectivity index (χ1) is 14.2. The van der Waals surface area contributed by atoms with Gasteiger partial charge in [-0.1, -0.05) is 29.8 Å². The molecule has 1 N–H and O–H groups in total. The van der Waals surface area contributed by atoms with Gasteiger partial charge in [0.05, 0.1) is 0 Å². The van der Waals surface area contributed by atoms with Gasteiger partial charge in [-0.3, -0.25) is 14.5 Å². The lowest BCUT2D eigenvalue weighted by molar-refractivity contribution is -0.141. The molecule has 0 radical (unpaired) electrons. The van der Waals surface area contributed by atoms with Crippen molar-refractivity contribution in [1.29, 1.82) is 0 Å². The average Bonchev–Trinajstić information content (AvgIpc) is 3.35. The highest BCUT2D eigenvalue weighted by atomic mass is 35.5. The molecule has 2 aliphatic heterocycles. The van der Waals surface area contributed by atoms with Crippen molar-refractivity contribution in [3.05, 3.63) is 34.9 Å². The molecule has 2 fully saturated rings. The molecule has 3 rings (SSSR count). The Morgan fingerprint density at radius 3 is 2.37 bits per heavy atom. The van der Waals surface area contributed by atoms with Gasteiger partial charge < -0.3 is 15.0 Å². The number of carbonyl (C=O) groups is 3. The van der Waals surface area contributed by atoms with Gasteiger partial charge in [0.25, 0.3) is 0 Å². The van der Waals surface area contributed by atoms with Gasteiger partial charge in [-0.25, -0.2) is 4.79 Å². The SMILES string of the molecule is CC(C)(C)OC(=O)N1CCC[C@@H]1C(=O)N1CCC[C@@H]1C(=O)NCc1ccccc1Cl. The molecule has 0 aromatic heterocycles. The Hall–Kier alpha value is -2.28. The minimum absolute atomic E-state index is 0.172. The predicted octanol–water partition coefficient (Wildman–Crippen LogP) is 3.35. The summed E-state index contributed by atoms with van der Waals surface area (Å²) in [6.45, 7) is 6.72. The van der Waals surface area contributed by atoms with Gasteiger partial charge in [0.15, 0.2) is 0 Å². The lowest BCUT2D eigenvalue weighted by Gasteiger charge is -2.32. The Morgan fingerprint density at radius 1 is 1.07 bits per heavy atom. The van der Waals surface area contributed by atoms with E-state index in [9.17, 15) is 14.4 Å². The zero-order chi connectivity index (χ0) is 21.9. The van der Waals surface area contributed by atoms with Crippen LogP contribution in [0, 0.1) is 0 Å². The molecule has 8 heteroatoms. The number of hydrogen-bond donors (Lipinski definition) is 1. The van der Waals surface area contributed by atoms with E-state index in [4.69, 9.17) is 16.3 Å². The predicted molar refractivity (Wildman–Crippen MR) is 114 cm³/mol. The highest BCUT2D eigenvalue weighted by molar-refractivity contribution is 6.31. The van der Waals surface area contributed by atoms with Crippen molar-refractivity contribution >= 4 is 29.5 Å². The van der Waals surface area contributed by atoms with E-state index in [0.717, 1.165) is 18.4 Å². The smallest absolute Gasteiger partial charge is 0.410 e. The summed E-state index contributed by atoms with van der Waals surface area (Å²) in [5.41, 5.74) is 0.206. The molecule has 3 amide bonds. The van der Waals surface area contributed by atoms with E-state index >= 15 is 0 Å². The lowest BCUT2D eigenvalue weighted by atomic mass is 10.1. The first-order valence-corrected chi connectivity index (χ1v) is 10.9. The monoisotopic (exact) mass is 435 g/mol. The Bertz CT molecular complexity index is 808. The van der Waals surface area contributed by atoms with Crippen molar-refractivity contribution < 1.29 is 19.1 Å². The number of likely N-dealkylation sites (tertiary alicyclic amines) is 2. The third-order valence-corrected chi connectivity index (χ3v) is 5.78. The van der Waals surface area contributed by atoms with E-state index in [1.54, 1.807) is 31.7 Å². The van der Waals surface area contributed by atoms with Crippen molar-refractivity contribution in [2.24, 2.45) is 0 Å². The summed E-state index contributed by atoms with van der Waals surface area (Å²) in [5.74, 6) is -0.365. The fourth-order valence-electron chi connectivity index (χ4n) is 4.00. The zero-order valence-electron chi connectivity index (χ0n) is 17.8. The van der Waals surface area contributed by atoms with Gasteiger partial charge in [0.1, 0.15) is 17.7 Å². The minimum Gasteiger partial charge on any atom is -0.444 e. The van der Waals surface area contributed by atoms with E-state index in [1.165, 1.54) is 4.90 Å². The molecule has 2 heterocycles. The number of benzene rings is 1. The highest BCUT2D eigenvalue weighted by Crippen LogP contribution is 2.26. The Balaban J connectivity index is 1.64. The molecule has 164 valence electrons. The van der Waals surface area contributed by atoms with Crippen LogP contribution >= 0.6 is 11.6 Å². The third kappa shape index (κ3) is 5.25. The first kappa shape index (κ1) is 22.4. The van der Waals surface area contributed by atoms with E-state index in [1.807, 2.05) is 18.2 Å². The van der Waals surface area contributed by atoms with E-state index < -0.39 is 23.8 Å². The van der Waals surface area contributed by atoms with Gasteiger partial charge in [0, 0.05) is 24.7 Å². The maximum absolute atomic E-state index is 13.2. The summed E-state index contributed by atoms with van der Waals surface area (Å²) in [7, 11) is 0. The van der Waals surface area contributed by atoms with Crippen molar-refractivity contribution in [1.82, 2.24) is 15.1 Å². The number of ether oxygens (including phenoxy) is 1. The van der Waals surface area contributed by atoms with Gasteiger partial charge in [-0.05, 0) is 58.1 Å². The van der Waals surface area contributed by atoms with Crippen LogP contribution in [0.15, 0.2) is 24.3 Å². The van der Waals surface area contributed by atoms with Crippen LogP contribution in [0.5, 0.6) is 0 Å². The second-order valence-electron chi connectivity index (χ2n) is 8.83. The van der Waals surface area contributed by atoms with Crippen LogP contribution in [0.2, 0.25) is 5.02 Å². The molecule has 0 spiro atoms. The number of hydrogen-bond acceptors (Lipinski definition) is 4. The van der Waals surface area contributed by atoms with Crippen molar-refractivity contribution in [3.63, 3.8) is 0 Å². The molecule has 0 bridgehead atoms. The first-order valence-electron chi connectivity index (χ1n) is 10.5. The third-order valence-electron chi connectivity index (χ3n) is 5.42. The molecule has 1 aromatic carbocycles. The van der Waals surface area contributed by atoms with Gasteiger partial charge >= 0.3 is 6.09 Å². The quantitative estimate of drug-likeness (QED) is 0.786. The second-order valence-corrected chi connectivity index (χ2v) is 9.24. The number of nitrogens with zero attached hydrogens (tertiary/aromatic N) is 2. The minimum atomic E-state index is -0.623. The van der Waals surface area contributed by atoms with E-state index in [2.05, 4.69) is 5.32 Å². The van der Waals surface area contributed by atoms with Crippen LogP contribution in [0.25, 0.3) is 0 Å². The van der Waals surface area contributed by atoms with Crippen molar-refractivity contribution in [2.45, 2.75) is 70.7 Å². The summed E-state index contributed by atoms with van der Waals surface area (Å²) >= 11 is 6.16. The normalized spacial score (nSPS) is 21.6. The van der Waals surface area contributed by atoms with Crippen molar-refractivity contribution in [2.75, 3.05) is 13.1 Å². The summed E-state index contributed by atoms with van der Waals surface area (Å²) < 4.78 is 5.46. The largest absolute Gasteiger partial charge is 0.444 e. The number of carbonyl (C=O) groups excluding carboxylic acids is 3. The van der Waals surface area contributed by atoms with Crippen molar-refractivity contribution in [3.8, 4) is 0 Å². The van der Waals surface area contributed by atoms with E-state index in [0.29, 0.717) is 37.5 Å². The summed E-state index contributed by atoms with van der Waals surface area (Å²) in [6, 6.07) is 6.24. The van der Waals surface area contributed by atoms with Gasteiger partial charge in [-0.15, -0.1) is 0 Å². The Kier molecular flexibility index (Phi) is 6.91. The molecular formula is C22H30ClN3O4. The molecule has 2 aliphatic rings. The molecule has 0 saturated carbocycles. The van der Waals surface area contributed by atoms with E-state index in [-0.39, 0.29) is 11.8 Å². The topological polar surface area (TPSA) is 79.0 Å². The summed E-state index contributed by atoms with van der Waals surface area (Å²) in [6.07, 6.45) is 2.22. The molecule has 7 nitrogen and oxygen atoms in total. The van der Waals surface area contributed by atoms with Gasteiger partial charge in [0.2, 0.25) is 11.8 Å². The van der Waals surface area contributed by atoms with Crippen LogP contribution in [0.1, 0.15) is 52.0 Å². The maximum atomic E-state index is 13.2. The molecular weight excluding hydrogens is 406 g/mol. The average molecular weight is 436 g/mol.